The second-order valence-electron chi connectivity index (χ2n) is 4.27. The summed E-state index contributed by atoms with van der Waals surface area (Å²) in [5, 5.41) is 12.4. The molecule has 2 N–H and O–H groups in total. The van der Waals surface area contributed by atoms with Gasteiger partial charge in [-0.05, 0) is 53.4 Å². The number of aromatic nitrogens is 1. The average molecular weight is 301 g/mol. The fourth-order valence-corrected chi connectivity index (χ4v) is 2.09. The van der Waals surface area contributed by atoms with E-state index in [1.807, 2.05) is 18.3 Å². The van der Waals surface area contributed by atoms with Crippen molar-refractivity contribution in [1.29, 1.82) is 0 Å². The summed E-state index contributed by atoms with van der Waals surface area (Å²) in [6, 6.07) is 4.01. The van der Waals surface area contributed by atoms with Gasteiger partial charge in [-0.3, -0.25) is 4.98 Å². The van der Waals surface area contributed by atoms with Crippen molar-refractivity contribution in [1.82, 2.24) is 10.3 Å². The SMILES string of the molecule is CCCC(CCO)CNCc1ccc(Br)cn1. The standard InChI is InChI=1S/C13H21BrN2O/c1-2-3-11(6-7-17)8-15-10-13-5-4-12(14)9-16-13/h4-5,9,11,15,17H,2-3,6-8,10H2,1H3. The number of pyridine rings is 1. The number of hydrogen-bond acceptors (Lipinski definition) is 3. The number of nitrogens with one attached hydrogen (secondary N) is 1. The zero-order chi connectivity index (χ0) is 12.5. The van der Waals surface area contributed by atoms with Crippen molar-refractivity contribution in [2.24, 2.45) is 5.92 Å². The van der Waals surface area contributed by atoms with E-state index in [2.05, 4.69) is 33.2 Å². The van der Waals surface area contributed by atoms with E-state index < -0.39 is 0 Å². The summed E-state index contributed by atoms with van der Waals surface area (Å²) in [5.74, 6) is 0.570. The molecule has 3 nitrogen and oxygen atoms in total. The van der Waals surface area contributed by atoms with Crippen LogP contribution in [-0.2, 0) is 6.54 Å². The molecular weight excluding hydrogens is 280 g/mol. The van der Waals surface area contributed by atoms with Gasteiger partial charge < -0.3 is 10.4 Å². The highest BCUT2D eigenvalue weighted by atomic mass is 79.9. The smallest absolute Gasteiger partial charge is 0.0542 e. The summed E-state index contributed by atoms with van der Waals surface area (Å²) in [7, 11) is 0. The van der Waals surface area contributed by atoms with Crippen LogP contribution in [0.25, 0.3) is 0 Å². The molecule has 0 spiro atoms. The van der Waals surface area contributed by atoms with Gasteiger partial charge >= 0.3 is 0 Å². The average Bonchev–Trinajstić information content (AvgIpc) is 2.32. The molecule has 0 radical (unpaired) electrons. The van der Waals surface area contributed by atoms with Crippen LogP contribution in [0.15, 0.2) is 22.8 Å². The van der Waals surface area contributed by atoms with Crippen LogP contribution in [0.4, 0.5) is 0 Å². The molecule has 1 rings (SSSR count). The molecule has 0 bridgehead atoms. The number of rotatable bonds is 8. The molecule has 0 amide bonds. The van der Waals surface area contributed by atoms with Crippen molar-refractivity contribution in [3.05, 3.63) is 28.5 Å². The molecule has 1 unspecified atom stereocenters. The molecule has 1 aromatic rings. The van der Waals surface area contributed by atoms with Crippen molar-refractivity contribution in [2.75, 3.05) is 13.2 Å². The van der Waals surface area contributed by atoms with Gasteiger partial charge in [-0.25, -0.2) is 0 Å². The molecule has 0 saturated heterocycles. The van der Waals surface area contributed by atoms with Gasteiger partial charge in [-0.15, -0.1) is 0 Å². The number of nitrogens with zero attached hydrogens (tertiary/aromatic N) is 1. The number of aliphatic hydroxyl groups is 1. The largest absolute Gasteiger partial charge is 0.396 e. The maximum Gasteiger partial charge on any atom is 0.0542 e. The number of halogens is 1. The van der Waals surface area contributed by atoms with Gasteiger partial charge in [0.15, 0.2) is 0 Å². The minimum atomic E-state index is 0.281. The Morgan fingerprint density at radius 2 is 2.24 bits per heavy atom. The van der Waals surface area contributed by atoms with Crippen molar-refractivity contribution >= 4 is 15.9 Å². The molecule has 0 aliphatic carbocycles. The Labute approximate surface area is 112 Å². The van der Waals surface area contributed by atoms with E-state index in [-0.39, 0.29) is 6.61 Å². The van der Waals surface area contributed by atoms with Crippen molar-refractivity contribution in [3.8, 4) is 0 Å². The molecule has 0 aliphatic rings. The van der Waals surface area contributed by atoms with Crippen LogP contribution >= 0.6 is 15.9 Å². The summed E-state index contributed by atoms with van der Waals surface area (Å²) in [4.78, 5) is 4.31. The van der Waals surface area contributed by atoms with Crippen molar-refractivity contribution in [3.63, 3.8) is 0 Å². The second-order valence-corrected chi connectivity index (χ2v) is 5.18. The molecule has 17 heavy (non-hydrogen) atoms. The van der Waals surface area contributed by atoms with Crippen LogP contribution in [0, 0.1) is 5.92 Å². The van der Waals surface area contributed by atoms with Crippen LogP contribution in [0.1, 0.15) is 31.9 Å². The maximum atomic E-state index is 8.96. The minimum Gasteiger partial charge on any atom is -0.396 e. The zero-order valence-electron chi connectivity index (χ0n) is 10.3. The zero-order valence-corrected chi connectivity index (χ0v) is 11.9. The summed E-state index contributed by atoms with van der Waals surface area (Å²) in [6.45, 7) is 4.20. The number of aliphatic hydroxyl groups excluding tert-OH is 1. The highest BCUT2D eigenvalue weighted by molar-refractivity contribution is 9.10. The summed E-state index contributed by atoms with van der Waals surface area (Å²) < 4.78 is 1.00. The van der Waals surface area contributed by atoms with Crippen LogP contribution in [-0.4, -0.2) is 23.2 Å². The third-order valence-electron chi connectivity index (χ3n) is 2.76. The summed E-state index contributed by atoms with van der Waals surface area (Å²) >= 11 is 3.37. The Balaban J connectivity index is 2.27. The molecule has 0 aromatic carbocycles. The van der Waals surface area contributed by atoms with E-state index >= 15 is 0 Å². The third kappa shape index (κ3) is 6.15. The van der Waals surface area contributed by atoms with Crippen LogP contribution in [0.5, 0.6) is 0 Å². The topological polar surface area (TPSA) is 45.1 Å². The van der Waals surface area contributed by atoms with E-state index in [0.717, 1.165) is 29.7 Å². The summed E-state index contributed by atoms with van der Waals surface area (Å²) in [6.07, 6.45) is 5.03. The third-order valence-corrected chi connectivity index (χ3v) is 3.23. The van der Waals surface area contributed by atoms with Crippen LogP contribution in [0.2, 0.25) is 0 Å². The predicted octanol–water partition coefficient (Wildman–Crippen LogP) is 2.73. The Morgan fingerprint density at radius 1 is 1.41 bits per heavy atom. The Morgan fingerprint density at radius 3 is 2.82 bits per heavy atom. The lowest BCUT2D eigenvalue weighted by atomic mass is 10.0. The molecule has 96 valence electrons. The lowest BCUT2D eigenvalue weighted by Crippen LogP contribution is -2.23. The number of hydrogen-bond donors (Lipinski definition) is 2. The van der Waals surface area contributed by atoms with Gasteiger partial charge in [0, 0.05) is 23.8 Å². The monoisotopic (exact) mass is 300 g/mol. The first-order chi connectivity index (χ1) is 8.26. The lowest BCUT2D eigenvalue weighted by molar-refractivity contribution is 0.248. The van der Waals surface area contributed by atoms with Gasteiger partial charge in [0.25, 0.3) is 0 Å². The van der Waals surface area contributed by atoms with E-state index in [9.17, 15) is 0 Å². The van der Waals surface area contributed by atoms with Crippen molar-refractivity contribution in [2.45, 2.75) is 32.7 Å². The van der Waals surface area contributed by atoms with Gasteiger partial charge in [0.2, 0.25) is 0 Å². The molecule has 1 atom stereocenters. The highest BCUT2D eigenvalue weighted by Crippen LogP contribution is 2.10. The first-order valence-corrected chi connectivity index (χ1v) is 6.97. The van der Waals surface area contributed by atoms with E-state index in [1.54, 1.807) is 0 Å². The van der Waals surface area contributed by atoms with Crippen molar-refractivity contribution < 1.29 is 5.11 Å². The normalized spacial score (nSPS) is 12.6. The fourth-order valence-electron chi connectivity index (χ4n) is 1.85. The first-order valence-electron chi connectivity index (χ1n) is 6.18. The van der Waals surface area contributed by atoms with Gasteiger partial charge in [0.05, 0.1) is 5.69 Å². The lowest BCUT2D eigenvalue weighted by Gasteiger charge is -2.15. The van der Waals surface area contributed by atoms with E-state index in [1.165, 1.54) is 12.8 Å². The van der Waals surface area contributed by atoms with Crippen LogP contribution < -0.4 is 5.32 Å². The molecular formula is C13H21BrN2O. The van der Waals surface area contributed by atoms with E-state index in [4.69, 9.17) is 5.11 Å². The van der Waals surface area contributed by atoms with Gasteiger partial charge in [-0.1, -0.05) is 13.3 Å². The molecule has 0 saturated carbocycles. The molecule has 1 heterocycles. The minimum absolute atomic E-state index is 0.281. The van der Waals surface area contributed by atoms with E-state index in [0.29, 0.717) is 5.92 Å². The Hall–Kier alpha value is -0.450. The maximum absolute atomic E-state index is 8.96. The molecule has 4 heteroatoms. The second kappa shape index (κ2) is 8.61. The Bertz CT molecular complexity index is 297. The molecule has 1 aromatic heterocycles. The predicted molar refractivity (Wildman–Crippen MR) is 73.7 cm³/mol. The van der Waals surface area contributed by atoms with Crippen LogP contribution in [0.3, 0.4) is 0 Å². The quantitative estimate of drug-likeness (QED) is 0.776. The fraction of sp³-hybridized carbons (Fsp3) is 0.615. The highest BCUT2D eigenvalue weighted by Gasteiger charge is 2.06. The molecule has 0 aliphatic heterocycles. The van der Waals surface area contributed by atoms with Gasteiger partial charge in [0.1, 0.15) is 0 Å². The van der Waals surface area contributed by atoms with Gasteiger partial charge in [-0.2, -0.15) is 0 Å². The Kier molecular flexibility index (Phi) is 7.40. The first kappa shape index (κ1) is 14.6. The summed E-state index contributed by atoms with van der Waals surface area (Å²) in [5.41, 5.74) is 1.05. The molecule has 0 fully saturated rings.